The molecule has 7 nitrogen and oxygen atoms in total. The molecule has 0 aliphatic heterocycles. The number of methoxy groups -OCH3 is 1. The summed E-state index contributed by atoms with van der Waals surface area (Å²) in [5.41, 5.74) is 1.41. The highest BCUT2D eigenvalue weighted by atomic mass is 32.2. The summed E-state index contributed by atoms with van der Waals surface area (Å²) >= 11 is 1.18. The van der Waals surface area contributed by atoms with Gasteiger partial charge in [-0.3, -0.25) is 9.52 Å². The van der Waals surface area contributed by atoms with E-state index < -0.39 is 10.0 Å². The van der Waals surface area contributed by atoms with E-state index in [9.17, 15) is 13.2 Å². The molecule has 3 aromatic carbocycles. The molecule has 0 unspecified atom stereocenters. The standard InChI is InChI=1S/C23H21N3O4S2/c1-30-18-10-12-19(13-11-18)32(28,29)26-23-24-17(15-31-23)9-14-22(27)25-21-8-4-6-16-5-2-3-7-20(16)21/h2-8,10-13,15H,9,14H2,1H3,(H,24,26)(H,25,27). The number of anilines is 2. The van der Waals surface area contributed by atoms with Crippen molar-refractivity contribution in [3.05, 3.63) is 77.8 Å². The number of aryl methyl sites for hydroxylation is 1. The van der Waals surface area contributed by atoms with Crippen LogP contribution < -0.4 is 14.8 Å². The number of nitrogens with zero attached hydrogens (tertiary/aromatic N) is 1. The molecule has 9 heteroatoms. The third-order valence-corrected chi connectivity index (χ3v) is 7.11. The second-order valence-electron chi connectivity index (χ2n) is 7.00. The number of thiazole rings is 1. The molecule has 1 aromatic heterocycles. The van der Waals surface area contributed by atoms with Crippen molar-refractivity contribution < 1.29 is 17.9 Å². The van der Waals surface area contributed by atoms with Gasteiger partial charge >= 0.3 is 0 Å². The Kier molecular flexibility index (Phi) is 6.38. The first-order valence-corrected chi connectivity index (χ1v) is 12.2. The second kappa shape index (κ2) is 9.37. The van der Waals surface area contributed by atoms with Crippen LogP contribution in [-0.4, -0.2) is 26.4 Å². The topological polar surface area (TPSA) is 97.4 Å². The highest BCUT2D eigenvalue weighted by Gasteiger charge is 2.16. The van der Waals surface area contributed by atoms with Crippen molar-refractivity contribution in [2.24, 2.45) is 0 Å². The molecule has 32 heavy (non-hydrogen) atoms. The van der Waals surface area contributed by atoms with Gasteiger partial charge in [0, 0.05) is 22.9 Å². The molecule has 1 heterocycles. The van der Waals surface area contributed by atoms with E-state index in [4.69, 9.17) is 4.74 Å². The van der Waals surface area contributed by atoms with Crippen LogP contribution in [0, 0.1) is 0 Å². The molecule has 0 radical (unpaired) electrons. The number of ether oxygens (including phenoxy) is 1. The van der Waals surface area contributed by atoms with E-state index in [1.807, 2.05) is 42.5 Å². The Labute approximate surface area is 190 Å². The third-order valence-electron chi connectivity index (χ3n) is 4.82. The molecule has 4 rings (SSSR count). The molecule has 0 aliphatic carbocycles. The van der Waals surface area contributed by atoms with Crippen LogP contribution in [-0.2, 0) is 21.2 Å². The summed E-state index contributed by atoms with van der Waals surface area (Å²) in [5.74, 6) is 0.442. The molecule has 0 spiro atoms. The van der Waals surface area contributed by atoms with Gasteiger partial charge in [0.1, 0.15) is 5.75 Å². The Hall–Kier alpha value is -3.43. The normalized spacial score (nSPS) is 11.3. The lowest BCUT2D eigenvalue weighted by Gasteiger charge is -2.08. The summed E-state index contributed by atoms with van der Waals surface area (Å²) in [4.78, 5) is 16.9. The lowest BCUT2D eigenvalue weighted by molar-refractivity contribution is -0.116. The number of carbonyl (C=O) groups excluding carboxylic acids is 1. The number of nitrogens with one attached hydrogen (secondary N) is 2. The lowest BCUT2D eigenvalue weighted by Crippen LogP contribution is -2.13. The van der Waals surface area contributed by atoms with Crippen LogP contribution in [0.1, 0.15) is 12.1 Å². The third kappa shape index (κ3) is 5.06. The first kappa shape index (κ1) is 21.8. The van der Waals surface area contributed by atoms with Crippen molar-refractivity contribution >= 4 is 48.9 Å². The lowest BCUT2D eigenvalue weighted by atomic mass is 10.1. The van der Waals surface area contributed by atoms with Gasteiger partial charge in [-0.2, -0.15) is 0 Å². The maximum atomic E-state index is 12.5. The summed E-state index contributed by atoms with van der Waals surface area (Å²) in [6, 6.07) is 19.7. The van der Waals surface area contributed by atoms with Gasteiger partial charge in [-0.05, 0) is 42.1 Å². The minimum atomic E-state index is -3.75. The molecule has 2 N–H and O–H groups in total. The maximum Gasteiger partial charge on any atom is 0.263 e. The van der Waals surface area contributed by atoms with Crippen LogP contribution in [0.15, 0.2) is 77.0 Å². The molecule has 0 saturated carbocycles. The van der Waals surface area contributed by atoms with Gasteiger partial charge in [0.2, 0.25) is 5.91 Å². The van der Waals surface area contributed by atoms with E-state index in [1.165, 1.54) is 30.6 Å². The molecule has 0 fully saturated rings. The summed E-state index contributed by atoms with van der Waals surface area (Å²) in [6.07, 6.45) is 0.634. The number of sulfonamides is 1. The zero-order valence-electron chi connectivity index (χ0n) is 17.2. The van der Waals surface area contributed by atoms with Gasteiger partial charge < -0.3 is 10.1 Å². The second-order valence-corrected chi connectivity index (χ2v) is 9.54. The van der Waals surface area contributed by atoms with Crippen LogP contribution in [0.5, 0.6) is 5.75 Å². The first-order chi connectivity index (χ1) is 15.4. The Bertz CT molecular complexity index is 1340. The fourth-order valence-electron chi connectivity index (χ4n) is 3.19. The smallest absolute Gasteiger partial charge is 0.263 e. The predicted octanol–water partition coefficient (Wildman–Crippen LogP) is 4.68. The number of aromatic nitrogens is 1. The minimum absolute atomic E-state index is 0.115. The van der Waals surface area contributed by atoms with Gasteiger partial charge in [-0.15, -0.1) is 11.3 Å². The van der Waals surface area contributed by atoms with Gasteiger partial charge in [-0.1, -0.05) is 36.4 Å². The quantitative estimate of drug-likeness (QED) is 0.392. The molecule has 0 atom stereocenters. The molecular weight excluding hydrogens is 446 g/mol. The highest BCUT2D eigenvalue weighted by Crippen LogP contribution is 2.24. The zero-order valence-corrected chi connectivity index (χ0v) is 18.9. The molecule has 1 amide bonds. The molecule has 0 saturated heterocycles. The van der Waals surface area contributed by atoms with Crippen molar-refractivity contribution in [3.63, 3.8) is 0 Å². The predicted molar refractivity (Wildman–Crippen MR) is 127 cm³/mol. The first-order valence-electron chi connectivity index (χ1n) is 9.83. The minimum Gasteiger partial charge on any atom is -0.497 e. The van der Waals surface area contributed by atoms with E-state index in [1.54, 1.807) is 17.5 Å². The average molecular weight is 468 g/mol. The summed E-state index contributed by atoms with van der Waals surface area (Å²) in [6.45, 7) is 0. The Morgan fingerprint density at radius 1 is 1.03 bits per heavy atom. The van der Waals surface area contributed by atoms with E-state index in [0.29, 0.717) is 17.9 Å². The molecule has 164 valence electrons. The summed E-state index contributed by atoms with van der Waals surface area (Å²) in [7, 11) is -2.24. The van der Waals surface area contributed by atoms with E-state index in [2.05, 4.69) is 15.0 Å². The molecule has 4 aromatic rings. The average Bonchev–Trinajstić information content (AvgIpc) is 3.24. The Morgan fingerprint density at radius 3 is 2.56 bits per heavy atom. The fourth-order valence-corrected chi connectivity index (χ4v) is 5.18. The van der Waals surface area contributed by atoms with Gasteiger partial charge in [0.15, 0.2) is 5.13 Å². The number of hydrogen-bond acceptors (Lipinski definition) is 6. The molecular formula is C23H21N3O4S2. The van der Waals surface area contributed by atoms with Crippen molar-refractivity contribution in [1.29, 1.82) is 0 Å². The molecule has 0 aliphatic rings. The van der Waals surface area contributed by atoms with Crippen LogP contribution in [0.4, 0.5) is 10.8 Å². The van der Waals surface area contributed by atoms with Crippen molar-refractivity contribution in [2.45, 2.75) is 17.7 Å². The van der Waals surface area contributed by atoms with Gasteiger partial charge in [0.05, 0.1) is 17.7 Å². The number of benzene rings is 3. The summed E-state index contributed by atoms with van der Waals surface area (Å²) in [5, 5.41) is 6.98. The van der Waals surface area contributed by atoms with Crippen LogP contribution >= 0.6 is 11.3 Å². The van der Waals surface area contributed by atoms with Crippen molar-refractivity contribution in [2.75, 3.05) is 17.1 Å². The van der Waals surface area contributed by atoms with Crippen molar-refractivity contribution in [3.8, 4) is 5.75 Å². The molecule has 0 bridgehead atoms. The van der Waals surface area contributed by atoms with E-state index in [0.717, 1.165) is 16.5 Å². The van der Waals surface area contributed by atoms with Gasteiger partial charge in [-0.25, -0.2) is 13.4 Å². The number of carbonyl (C=O) groups is 1. The number of fused-ring (bicyclic) bond motifs is 1. The SMILES string of the molecule is COc1ccc(S(=O)(=O)Nc2nc(CCC(=O)Nc3cccc4ccccc34)cs2)cc1. The monoisotopic (exact) mass is 467 g/mol. The van der Waals surface area contributed by atoms with Gasteiger partial charge in [0.25, 0.3) is 10.0 Å². The fraction of sp³-hybridized carbons (Fsp3) is 0.130. The maximum absolute atomic E-state index is 12.5. The van der Waals surface area contributed by atoms with Crippen LogP contribution in [0.25, 0.3) is 10.8 Å². The Morgan fingerprint density at radius 2 is 1.78 bits per heavy atom. The zero-order chi connectivity index (χ0) is 22.6. The summed E-state index contributed by atoms with van der Waals surface area (Å²) < 4.78 is 32.6. The largest absolute Gasteiger partial charge is 0.497 e. The van der Waals surface area contributed by atoms with Crippen LogP contribution in [0.2, 0.25) is 0 Å². The number of rotatable bonds is 8. The Balaban J connectivity index is 1.36. The highest BCUT2D eigenvalue weighted by molar-refractivity contribution is 7.93. The number of hydrogen-bond donors (Lipinski definition) is 2. The van der Waals surface area contributed by atoms with E-state index in [-0.39, 0.29) is 22.4 Å². The number of amides is 1. The van der Waals surface area contributed by atoms with Crippen LogP contribution in [0.3, 0.4) is 0 Å². The van der Waals surface area contributed by atoms with Crippen molar-refractivity contribution in [1.82, 2.24) is 4.98 Å². The van der Waals surface area contributed by atoms with E-state index >= 15 is 0 Å².